The third-order valence-corrected chi connectivity index (χ3v) is 6.34. The molecule has 0 aromatic carbocycles. The summed E-state index contributed by atoms with van der Waals surface area (Å²) in [6, 6.07) is 0. The summed E-state index contributed by atoms with van der Waals surface area (Å²) in [4.78, 5) is 12.8. The van der Waals surface area contributed by atoms with Crippen molar-refractivity contribution in [2.24, 2.45) is 23.0 Å². The number of carbonyl (C=O) groups excluding carboxylic acids is 1. The van der Waals surface area contributed by atoms with Gasteiger partial charge < -0.3 is 15.8 Å². The van der Waals surface area contributed by atoms with Crippen LogP contribution in [0.4, 0.5) is 0 Å². The van der Waals surface area contributed by atoms with Gasteiger partial charge in [0.05, 0.1) is 6.10 Å². The highest BCUT2D eigenvalue weighted by molar-refractivity contribution is 5.89. The van der Waals surface area contributed by atoms with Gasteiger partial charge in [0.25, 0.3) is 0 Å². The predicted octanol–water partition coefficient (Wildman–Crippen LogP) is 2.22. The Morgan fingerprint density at radius 1 is 1.19 bits per heavy atom. The molecule has 21 heavy (non-hydrogen) atoms. The normalized spacial score (nSPS) is 39.2. The van der Waals surface area contributed by atoms with E-state index in [2.05, 4.69) is 19.2 Å². The molecule has 0 bridgehead atoms. The molecule has 4 nitrogen and oxygen atoms in total. The molecule has 2 aliphatic carbocycles. The van der Waals surface area contributed by atoms with Gasteiger partial charge in [0, 0.05) is 24.5 Å². The van der Waals surface area contributed by atoms with E-state index in [4.69, 9.17) is 10.5 Å². The molecule has 1 heterocycles. The Labute approximate surface area is 128 Å². The zero-order valence-electron chi connectivity index (χ0n) is 13.5. The van der Waals surface area contributed by atoms with Gasteiger partial charge in [-0.2, -0.15) is 0 Å². The van der Waals surface area contributed by atoms with E-state index >= 15 is 0 Å². The second kappa shape index (κ2) is 5.54. The van der Waals surface area contributed by atoms with Crippen molar-refractivity contribution in [3.8, 4) is 0 Å². The van der Waals surface area contributed by atoms with Crippen molar-refractivity contribution in [2.75, 3.05) is 13.2 Å². The van der Waals surface area contributed by atoms with E-state index in [0.717, 1.165) is 26.0 Å². The first kappa shape index (κ1) is 15.3. The average Bonchev–Trinajstić information content (AvgIpc) is 2.52. The zero-order valence-corrected chi connectivity index (χ0v) is 13.5. The van der Waals surface area contributed by atoms with Crippen LogP contribution < -0.4 is 11.1 Å². The molecule has 0 aromatic rings. The lowest BCUT2D eigenvalue weighted by molar-refractivity contribution is -0.225. The lowest BCUT2D eigenvalue weighted by Crippen LogP contribution is -2.82. The molecule has 3 aliphatic rings. The number of ether oxygens (including phenoxy) is 1. The quantitative estimate of drug-likeness (QED) is 0.839. The number of carbonyl (C=O) groups is 1. The summed E-state index contributed by atoms with van der Waals surface area (Å²) in [6.45, 7) is 5.77. The van der Waals surface area contributed by atoms with Gasteiger partial charge in [-0.3, -0.25) is 4.79 Å². The fourth-order valence-electron chi connectivity index (χ4n) is 4.81. The second-order valence-electron chi connectivity index (χ2n) is 7.84. The monoisotopic (exact) mass is 294 g/mol. The molecule has 3 N–H and O–H groups in total. The fourth-order valence-corrected chi connectivity index (χ4v) is 4.81. The molecule has 0 spiro atoms. The third-order valence-electron chi connectivity index (χ3n) is 6.34. The first-order valence-electron chi connectivity index (χ1n) is 8.66. The Morgan fingerprint density at radius 2 is 1.90 bits per heavy atom. The van der Waals surface area contributed by atoms with Crippen molar-refractivity contribution < 1.29 is 9.53 Å². The molecular weight excluding hydrogens is 264 g/mol. The van der Waals surface area contributed by atoms with E-state index in [1.54, 1.807) is 0 Å². The first-order valence-corrected chi connectivity index (χ1v) is 8.66. The number of rotatable bonds is 3. The molecule has 4 heteroatoms. The van der Waals surface area contributed by atoms with Crippen LogP contribution in [0.1, 0.15) is 58.8 Å². The Balaban J connectivity index is 1.62. The molecule has 1 saturated heterocycles. The van der Waals surface area contributed by atoms with Crippen LogP contribution in [-0.2, 0) is 9.53 Å². The SMILES string of the molecule is CC1(C)C2OCCCC2C1(N)C(=O)NCC1CCCCC1. The maximum atomic E-state index is 12.8. The Kier molecular flexibility index (Phi) is 4.04. The van der Waals surface area contributed by atoms with Gasteiger partial charge in [-0.1, -0.05) is 33.1 Å². The van der Waals surface area contributed by atoms with E-state index in [1.165, 1.54) is 32.1 Å². The van der Waals surface area contributed by atoms with E-state index in [1.807, 2.05) is 0 Å². The van der Waals surface area contributed by atoms with Gasteiger partial charge >= 0.3 is 0 Å². The van der Waals surface area contributed by atoms with E-state index in [0.29, 0.717) is 5.92 Å². The van der Waals surface area contributed by atoms with Crippen LogP contribution in [0.2, 0.25) is 0 Å². The van der Waals surface area contributed by atoms with E-state index in [-0.39, 0.29) is 23.3 Å². The van der Waals surface area contributed by atoms with Gasteiger partial charge in [0.2, 0.25) is 5.91 Å². The van der Waals surface area contributed by atoms with Crippen molar-refractivity contribution in [1.29, 1.82) is 0 Å². The number of amides is 1. The number of fused-ring (bicyclic) bond motifs is 1. The minimum atomic E-state index is -0.757. The summed E-state index contributed by atoms with van der Waals surface area (Å²) in [5.41, 5.74) is 5.58. The highest BCUT2D eigenvalue weighted by Crippen LogP contribution is 2.57. The summed E-state index contributed by atoms with van der Waals surface area (Å²) < 4.78 is 5.87. The van der Waals surface area contributed by atoms with Crippen LogP contribution in [0.3, 0.4) is 0 Å². The highest BCUT2D eigenvalue weighted by atomic mass is 16.5. The molecule has 0 radical (unpaired) electrons. The lowest BCUT2D eigenvalue weighted by Gasteiger charge is -2.65. The second-order valence-corrected chi connectivity index (χ2v) is 7.84. The van der Waals surface area contributed by atoms with Crippen LogP contribution >= 0.6 is 0 Å². The molecule has 3 unspecified atom stereocenters. The highest BCUT2D eigenvalue weighted by Gasteiger charge is 2.70. The van der Waals surface area contributed by atoms with Gasteiger partial charge in [0.1, 0.15) is 5.54 Å². The van der Waals surface area contributed by atoms with Crippen molar-refractivity contribution in [2.45, 2.75) is 70.4 Å². The summed E-state index contributed by atoms with van der Waals surface area (Å²) in [7, 11) is 0. The van der Waals surface area contributed by atoms with Gasteiger partial charge in [-0.15, -0.1) is 0 Å². The Morgan fingerprint density at radius 3 is 2.62 bits per heavy atom. The lowest BCUT2D eigenvalue weighted by atomic mass is 9.46. The van der Waals surface area contributed by atoms with Crippen molar-refractivity contribution >= 4 is 5.91 Å². The fraction of sp³-hybridized carbons (Fsp3) is 0.941. The molecule has 1 aliphatic heterocycles. The van der Waals surface area contributed by atoms with E-state index < -0.39 is 5.54 Å². The summed E-state index contributed by atoms with van der Waals surface area (Å²) in [6.07, 6.45) is 8.63. The van der Waals surface area contributed by atoms with Crippen LogP contribution in [-0.4, -0.2) is 30.7 Å². The molecular formula is C17H30N2O2. The van der Waals surface area contributed by atoms with E-state index in [9.17, 15) is 4.79 Å². The molecule has 3 rings (SSSR count). The molecule has 3 fully saturated rings. The van der Waals surface area contributed by atoms with Crippen LogP contribution in [0.5, 0.6) is 0 Å². The van der Waals surface area contributed by atoms with Crippen LogP contribution in [0.25, 0.3) is 0 Å². The smallest absolute Gasteiger partial charge is 0.241 e. The Hall–Kier alpha value is -0.610. The summed E-state index contributed by atoms with van der Waals surface area (Å²) in [5, 5.41) is 3.16. The van der Waals surface area contributed by atoms with Crippen molar-refractivity contribution in [3.63, 3.8) is 0 Å². The van der Waals surface area contributed by atoms with Gasteiger partial charge in [-0.25, -0.2) is 0 Å². The summed E-state index contributed by atoms with van der Waals surface area (Å²) in [5.74, 6) is 0.880. The van der Waals surface area contributed by atoms with Crippen LogP contribution in [0.15, 0.2) is 0 Å². The van der Waals surface area contributed by atoms with Gasteiger partial charge in [0.15, 0.2) is 0 Å². The number of nitrogens with two attached hydrogens (primary N) is 1. The standard InChI is InChI=1S/C17H30N2O2/c1-16(2)14-13(9-6-10-21-14)17(16,18)15(20)19-11-12-7-4-3-5-8-12/h12-14H,3-11,18H2,1-2H3,(H,19,20). The molecule has 2 saturated carbocycles. The van der Waals surface area contributed by atoms with Crippen molar-refractivity contribution in [3.05, 3.63) is 0 Å². The van der Waals surface area contributed by atoms with Crippen LogP contribution in [0, 0.1) is 17.3 Å². The molecule has 0 aromatic heterocycles. The van der Waals surface area contributed by atoms with Crippen molar-refractivity contribution in [1.82, 2.24) is 5.32 Å². The average molecular weight is 294 g/mol. The topological polar surface area (TPSA) is 64.3 Å². The van der Waals surface area contributed by atoms with Gasteiger partial charge in [-0.05, 0) is 31.6 Å². The summed E-state index contributed by atoms with van der Waals surface area (Å²) >= 11 is 0. The predicted molar refractivity (Wildman–Crippen MR) is 82.7 cm³/mol. The Bertz CT molecular complexity index is 404. The maximum absolute atomic E-state index is 12.8. The number of nitrogens with one attached hydrogen (secondary N) is 1. The first-order chi connectivity index (χ1) is 9.98. The molecule has 120 valence electrons. The molecule has 1 amide bonds. The zero-order chi connectivity index (χ0) is 15.1. The molecule has 3 atom stereocenters. The number of hydrogen-bond donors (Lipinski definition) is 2. The minimum Gasteiger partial charge on any atom is -0.377 e. The maximum Gasteiger partial charge on any atom is 0.241 e. The number of hydrogen-bond acceptors (Lipinski definition) is 3. The third kappa shape index (κ3) is 2.31. The minimum absolute atomic E-state index is 0.0461. The largest absolute Gasteiger partial charge is 0.377 e.